The third-order valence-corrected chi connectivity index (χ3v) is 4.05. The van der Waals surface area contributed by atoms with Crippen LogP contribution in [0, 0.1) is 5.92 Å². The van der Waals surface area contributed by atoms with E-state index in [1.165, 1.54) is 0 Å². The predicted octanol–water partition coefficient (Wildman–Crippen LogP) is -0.157. The smallest absolute Gasteiger partial charge is 0.236 e. The topological polar surface area (TPSA) is 58.8 Å². The van der Waals surface area contributed by atoms with Crippen LogP contribution in [0.2, 0.25) is 0 Å². The van der Waals surface area contributed by atoms with Crippen LogP contribution in [0.1, 0.15) is 12.8 Å². The Balaban J connectivity index is 1.73. The summed E-state index contributed by atoms with van der Waals surface area (Å²) < 4.78 is 5.24. The van der Waals surface area contributed by atoms with E-state index >= 15 is 0 Å². The Morgan fingerprint density at radius 1 is 1.22 bits per heavy atom. The average Bonchev–Trinajstić information content (AvgIpc) is 2.40. The number of carbonyl (C=O) groups is 1. The van der Waals surface area contributed by atoms with Gasteiger partial charge in [-0.2, -0.15) is 0 Å². The molecular formula is C12H21N3O2S. The largest absolute Gasteiger partial charge is 0.393 e. The molecule has 0 bridgehead atoms. The zero-order valence-corrected chi connectivity index (χ0v) is 11.5. The van der Waals surface area contributed by atoms with E-state index in [1.807, 2.05) is 4.90 Å². The molecule has 0 spiro atoms. The molecule has 0 aromatic heterocycles. The van der Waals surface area contributed by atoms with Gasteiger partial charge >= 0.3 is 0 Å². The van der Waals surface area contributed by atoms with E-state index in [0.29, 0.717) is 30.7 Å². The van der Waals surface area contributed by atoms with Gasteiger partial charge in [-0.05, 0) is 25.9 Å². The Labute approximate surface area is 113 Å². The quantitative estimate of drug-likeness (QED) is 0.723. The maximum absolute atomic E-state index is 12.1. The highest BCUT2D eigenvalue weighted by molar-refractivity contribution is 7.80. The van der Waals surface area contributed by atoms with Crippen molar-refractivity contribution in [3.63, 3.8) is 0 Å². The summed E-state index contributed by atoms with van der Waals surface area (Å²) in [5, 5.41) is 0. The third-order valence-electron chi connectivity index (χ3n) is 3.71. The van der Waals surface area contributed by atoms with Crippen LogP contribution >= 0.6 is 12.2 Å². The highest BCUT2D eigenvalue weighted by Gasteiger charge is 2.24. The maximum Gasteiger partial charge on any atom is 0.236 e. The summed E-state index contributed by atoms with van der Waals surface area (Å²) in [6.07, 6.45) is 1.96. The molecule has 0 saturated carbocycles. The molecule has 0 radical (unpaired) electrons. The second-order valence-corrected chi connectivity index (χ2v) is 5.42. The van der Waals surface area contributed by atoms with Crippen LogP contribution in [0.4, 0.5) is 0 Å². The molecule has 2 saturated heterocycles. The number of amides is 1. The number of nitrogens with zero attached hydrogens (tertiary/aromatic N) is 2. The van der Waals surface area contributed by atoms with E-state index in [2.05, 4.69) is 4.90 Å². The van der Waals surface area contributed by atoms with E-state index in [9.17, 15) is 4.79 Å². The van der Waals surface area contributed by atoms with E-state index in [1.54, 1.807) is 0 Å². The average molecular weight is 271 g/mol. The van der Waals surface area contributed by atoms with Gasteiger partial charge in [0.2, 0.25) is 5.91 Å². The fraction of sp³-hybridized carbons (Fsp3) is 0.833. The molecule has 18 heavy (non-hydrogen) atoms. The Hall–Kier alpha value is -0.720. The van der Waals surface area contributed by atoms with E-state index in [-0.39, 0.29) is 5.91 Å². The van der Waals surface area contributed by atoms with Gasteiger partial charge in [0, 0.05) is 19.0 Å². The molecule has 2 aliphatic heterocycles. The summed E-state index contributed by atoms with van der Waals surface area (Å²) in [6, 6.07) is 0. The summed E-state index contributed by atoms with van der Waals surface area (Å²) >= 11 is 5.01. The van der Waals surface area contributed by atoms with Crippen LogP contribution in [-0.4, -0.2) is 66.6 Å². The molecule has 102 valence electrons. The van der Waals surface area contributed by atoms with Gasteiger partial charge in [-0.3, -0.25) is 9.69 Å². The molecule has 2 rings (SSSR count). The van der Waals surface area contributed by atoms with Gasteiger partial charge in [-0.15, -0.1) is 0 Å². The lowest BCUT2D eigenvalue weighted by molar-refractivity contribution is -0.136. The van der Waals surface area contributed by atoms with Crippen molar-refractivity contribution in [1.82, 2.24) is 9.80 Å². The van der Waals surface area contributed by atoms with Gasteiger partial charge in [0.05, 0.1) is 24.7 Å². The first-order valence-electron chi connectivity index (χ1n) is 6.54. The van der Waals surface area contributed by atoms with Crippen molar-refractivity contribution < 1.29 is 9.53 Å². The third kappa shape index (κ3) is 3.63. The number of hydrogen-bond acceptors (Lipinski definition) is 4. The van der Waals surface area contributed by atoms with Crippen LogP contribution in [0.15, 0.2) is 0 Å². The second-order valence-electron chi connectivity index (χ2n) is 4.95. The minimum atomic E-state index is 0.215. The van der Waals surface area contributed by atoms with Crippen molar-refractivity contribution in [3.05, 3.63) is 0 Å². The zero-order valence-electron chi connectivity index (χ0n) is 10.6. The number of hydrogen-bond donors (Lipinski definition) is 1. The van der Waals surface area contributed by atoms with Crippen LogP contribution in [0.25, 0.3) is 0 Å². The first-order chi connectivity index (χ1) is 8.66. The Morgan fingerprint density at radius 2 is 1.83 bits per heavy atom. The van der Waals surface area contributed by atoms with Gasteiger partial charge in [-0.25, -0.2) is 0 Å². The molecule has 2 N–H and O–H groups in total. The second kappa shape index (κ2) is 6.45. The molecule has 2 aliphatic rings. The number of nitrogens with two attached hydrogens (primary N) is 1. The van der Waals surface area contributed by atoms with Gasteiger partial charge in [0.25, 0.3) is 0 Å². The van der Waals surface area contributed by atoms with Gasteiger partial charge < -0.3 is 15.4 Å². The zero-order chi connectivity index (χ0) is 13.0. The molecule has 1 amide bonds. The van der Waals surface area contributed by atoms with Gasteiger partial charge in [0.1, 0.15) is 0 Å². The van der Waals surface area contributed by atoms with Crippen LogP contribution in [0.5, 0.6) is 0 Å². The first-order valence-corrected chi connectivity index (χ1v) is 6.95. The number of ether oxygens (including phenoxy) is 1. The molecular weight excluding hydrogens is 250 g/mol. The van der Waals surface area contributed by atoms with Gasteiger partial charge in [-0.1, -0.05) is 12.2 Å². The highest BCUT2D eigenvalue weighted by atomic mass is 32.1. The summed E-state index contributed by atoms with van der Waals surface area (Å²) in [5.41, 5.74) is 5.65. The molecule has 2 heterocycles. The highest BCUT2D eigenvalue weighted by Crippen LogP contribution is 2.17. The van der Waals surface area contributed by atoms with E-state index in [4.69, 9.17) is 22.7 Å². The predicted molar refractivity (Wildman–Crippen MR) is 73.3 cm³/mol. The van der Waals surface area contributed by atoms with Crippen molar-refractivity contribution in [2.75, 3.05) is 45.9 Å². The summed E-state index contributed by atoms with van der Waals surface area (Å²) in [7, 11) is 0. The number of carbonyl (C=O) groups excluding carboxylic acids is 1. The monoisotopic (exact) mass is 271 g/mol. The minimum absolute atomic E-state index is 0.215. The Kier molecular flexibility index (Phi) is 4.91. The first kappa shape index (κ1) is 13.7. The Morgan fingerprint density at radius 3 is 2.39 bits per heavy atom. The minimum Gasteiger partial charge on any atom is -0.393 e. The summed E-state index contributed by atoms with van der Waals surface area (Å²) in [5.74, 6) is 0.571. The number of thiocarbonyl (C=S) groups is 1. The summed E-state index contributed by atoms with van der Waals surface area (Å²) in [4.78, 5) is 16.8. The SMILES string of the molecule is NC(=S)C1CCN(CC(=O)N2CCOCC2)CC1. The number of morpholine rings is 1. The molecule has 0 unspecified atom stereocenters. The molecule has 6 heteroatoms. The lowest BCUT2D eigenvalue weighted by atomic mass is 9.97. The Bertz CT molecular complexity index is 310. The van der Waals surface area contributed by atoms with E-state index in [0.717, 1.165) is 39.0 Å². The number of piperidine rings is 1. The standard InChI is InChI=1S/C12H21N3O2S/c13-12(18)10-1-3-14(4-2-10)9-11(16)15-5-7-17-8-6-15/h10H,1-9H2,(H2,13,18). The fourth-order valence-electron chi connectivity index (χ4n) is 2.48. The van der Waals surface area contributed by atoms with Crippen molar-refractivity contribution >= 4 is 23.1 Å². The summed E-state index contributed by atoms with van der Waals surface area (Å²) in [6.45, 7) is 5.12. The molecule has 0 aromatic carbocycles. The maximum atomic E-state index is 12.1. The molecule has 0 aliphatic carbocycles. The van der Waals surface area contributed by atoms with E-state index < -0.39 is 0 Å². The van der Waals surface area contributed by atoms with Crippen molar-refractivity contribution in [3.8, 4) is 0 Å². The number of likely N-dealkylation sites (tertiary alicyclic amines) is 1. The van der Waals surface area contributed by atoms with Crippen LogP contribution in [-0.2, 0) is 9.53 Å². The fourth-order valence-corrected chi connectivity index (χ4v) is 2.72. The van der Waals surface area contributed by atoms with Gasteiger partial charge in [0.15, 0.2) is 0 Å². The van der Waals surface area contributed by atoms with Crippen LogP contribution < -0.4 is 5.73 Å². The molecule has 0 aromatic rings. The molecule has 2 fully saturated rings. The number of rotatable bonds is 3. The molecule has 5 nitrogen and oxygen atoms in total. The van der Waals surface area contributed by atoms with Crippen LogP contribution in [0.3, 0.4) is 0 Å². The molecule has 0 atom stereocenters. The van der Waals surface area contributed by atoms with Crippen molar-refractivity contribution in [2.45, 2.75) is 12.8 Å². The van der Waals surface area contributed by atoms with Crippen molar-refractivity contribution in [1.29, 1.82) is 0 Å². The van der Waals surface area contributed by atoms with Crippen molar-refractivity contribution in [2.24, 2.45) is 11.7 Å². The lowest BCUT2D eigenvalue weighted by Gasteiger charge is -2.33. The normalized spacial score (nSPS) is 23.0. The lowest BCUT2D eigenvalue weighted by Crippen LogP contribution is -2.47.